The predicted octanol–water partition coefficient (Wildman–Crippen LogP) is 3.11. The lowest BCUT2D eigenvalue weighted by Gasteiger charge is -2.50. The van der Waals surface area contributed by atoms with Gasteiger partial charge in [0.05, 0.1) is 11.6 Å². The molecule has 0 spiro atoms. The molecule has 2 aromatic rings. The highest BCUT2D eigenvalue weighted by atomic mass is 16.3. The minimum atomic E-state index is -0.208. The molecule has 0 saturated heterocycles. The first-order valence-electron chi connectivity index (χ1n) is 6.79. The smallest absolute Gasteiger partial charge is 0.0751 e. The van der Waals surface area contributed by atoms with Gasteiger partial charge in [0, 0.05) is 28.7 Å². The number of anilines is 1. The van der Waals surface area contributed by atoms with Crippen molar-refractivity contribution in [1.29, 1.82) is 0 Å². The highest BCUT2D eigenvalue weighted by Crippen LogP contribution is 2.43. The van der Waals surface area contributed by atoms with E-state index in [9.17, 15) is 5.11 Å². The number of nitrogens with one attached hydrogen (secondary N) is 1. The fourth-order valence-corrected chi connectivity index (χ4v) is 2.77. The Kier molecular flexibility index (Phi) is 2.75. The third kappa shape index (κ3) is 1.89. The van der Waals surface area contributed by atoms with Crippen molar-refractivity contribution in [2.45, 2.75) is 39.3 Å². The largest absolute Gasteiger partial charge is 0.392 e. The van der Waals surface area contributed by atoms with Gasteiger partial charge in [0.2, 0.25) is 0 Å². The summed E-state index contributed by atoms with van der Waals surface area (Å²) in [5.74, 6) is 0. The first-order valence-corrected chi connectivity index (χ1v) is 6.79. The number of fused-ring (bicyclic) bond motifs is 1. The van der Waals surface area contributed by atoms with Crippen molar-refractivity contribution in [3.8, 4) is 0 Å². The van der Waals surface area contributed by atoms with Crippen molar-refractivity contribution in [2.24, 2.45) is 5.41 Å². The molecule has 19 heavy (non-hydrogen) atoms. The van der Waals surface area contributed by atoms with Crippen LogP contribution >= 0.6 is 0 Å². The summed E-state index contributed by atoms with van der Waals surface area (Å²) in [5, 5.41) is 14.6. The van der Waals surface area contributed by atoms with E-state index in [1.54, 1.807) is 0 Å². The molecule has 3 nitrogen and oxygen atoms in total. The lowest BCUT2D eigenvalue weighted by Crippen LogP contribution is -2.56. The molecule has 2 atom stereocenters. The summed E-state index contributed by atoms with van der Waals surface area (Å²) in [6, 6.07) is 8.58. The summed E-state index contributed by atoms with van der Waals surface area (Å²) in [6.45, 7) is 6.29. The van der Waals surface area contributed by atoms with Crippen LogP contribution in [0.2, 0.25) is 0 Å². The van der Waals surface area contributed by atoms with Gasteiger partial charge in [-0.2, -0.15) is 0 Å². The maximum Gasteiger partial charge on any atom is 0.0751 e. The lowest BCUT2D eigenvalue weighted by molar-refractivity contribution is -0.0510. The summed E-state index contributed by atoms with van der Waals surface area (Å²) in [4.78, 5) is 4.45. The Balaban J connectivity index is 1.97. The van der Waals surface area contributed by atoms with Crippen LogP contribution in [0.15, 0.2) is 30.5 Å². The zero-order valence-electron chi connectivity index (χ0n) is 11.6. The molecule has 0 radical (unpaired) electrons. The van der Waals surface area contributed by atoms with Gasteiger partial charge in [-0.05, 0) is 37.1 Å². The van der Waals surface area contributed by atoms with Gasteiger partial charge in [-0.3, -0.25) is 4.98 Å². The second-order valence-electron chi connectivity index (χ2n) is 6.10. The zero-order valence-corrected chi connectivity index (χ0v) is 11.6. The van der Waals surface area contributed by atoms with Crippen LogP contribution in [0.25, 0.3) is 10.9 Å². The number of rotatable bonds is 2. The van der Waals surface area contributed by atoms with Crippen LogP contribution in [0.1, 0.15) is 25.8 Å². The van der Waals surface area contributed by atoms with Crippen LogP contribution in [-0.2, 0) is 0 Å². The molecule has 2 unspecified atom stereocenters. The first kappa shape index (κ1) is 12.4. The maximum atomic E-state index is 9.83. The molecule has 0 amide bonds. The van der Waals surface area contributed by atoms with Gasteiger partial charge in [0.25, 0.3) is 0 Å². The van der Waals surface area contributed by atoms with Crippen LogP contribution in [0.4, 0.5) is 5.69 Å². The van der Waals surface area contributed by atoms with Crippen LogP contribution in [-0.4, -0.2) is 22.2 Å². The van der Waals surface area contributed by atoms with Crippen molar-refractivity contribution >= 4 is 16.6 Å². The topological polar surface area (TPSA) is 45.1 Å². The minimum Gasteiger partial charge on any atom is -0.392 e. The summed E-state index contributed by atoms with van der Waals surface area (Å²) >= 11 is 0. The van der Waals surface area contributed by atoms with Crippen molar-refractivity contribution in [3.05, 3.63) is 36.0 Å². The third-order valence-electron chi connectivity index (χ3n) is 4.52. The molecule has 0 bridgehead atoms. The van der Waals surface area contributed by atoms with Gasteiger partial charge >= 0.3 is 0 Å². The fraction of sp³-hybridized carbons (Fsp3) is 0.438. The maximum absolute atomic E-state index is 9.83. The van der Waals surface area contributed by atoms with E-state index in [1.165, 1.54) is 5.56 Å². The average Bonchev–Trinajstić information content (AvgIpc) is 2.41. The predicted molar refractivity (Wildman–Crippen MR) is 78.3 cm³/mol. The first-order chi connectivity index (χ1) is 9.00. The van der Waals surface area contributed by atoms with Gasteiger partial charge in [-0.25, -0.2) is 0 Å². The molecule has 1 fully saturated rings. The average molecular weight is 256 g/mol. The van der Waals surface area contributed by atoms with Crippen LogP contribution < -0.4 is 5.32 Å². The number of hydrogen-bond acceptors (Lipinski definition) is 3. The molecule has 3 rings (SSSR count). The van der Waals surface area contributed by atoms with E-state index in [4.69, 9.17) is 0 Å². The normalized spacial score (nSPS) is 25.1. The Labute approximate surface area is 113 Å². The van der Waals surface area contributed by atoms with E-state index >= 15 is 0 Å². The molecule has 1 aliphatic carbocycles. The third-order valence-corrected chi connectivity index (χ3v) is 4.52. The van der Waals surface area contributed by atoms with E-state index < -0.39 is 0 Å². The van der Waals surface area contributed by atoms with Gasteiger partial charge in [0.15, 0.2) is 0 Å². The molecular formula is C16H20N2O. The Morgan fingerprint density at radius 1 is 1.32 bits per heavy atom. The molecule has 2 N–H and O–H groups in total. The summed E-state index contributed by atoms with van der Waals surface area (Å²) in [6.07, 6.45) is 2.43. The zero-order chi connectivity index (χ0) is 13.6. The quantitative estimate of drug-likeness (QED) is 0.867. The van der Waals surface area contributed by atoms with Crippen LogP contribution in [0.5, 0.6) is 0 Å². The van der Waals surface area contributed by atoms with Crippen LogP contribution in [0, 0.1) is 12.3 Å². The van der Waals surface area contributed by atoms with E-state index in [-0.39, 0.29) is 11.5 Å². The Morgan fingerprint density at radius 3 is 2.79 bits per heavy atom. The molecule has 1 aromatic carbocycles. The number of aryl methyl sites for hydroxylation is 1. The van der Waals surface area contributed by atoms with Gasteiger partial charge < -0.3 is 10.4 Å². The van der Waals surface area contributed by atoms with Gasteiger partial charge in [0.1, 0.15) is 0 Å². The number of aliphatic hydroxyl groups excluding tert-OH is 1. The summed E-state index contributed by atoms with van der Waals surface area (Å²) < 4.78 is 0. The molecular weight excluding hydrogens is 236 g/mol. The molecule has 1 saturated carbocycles. The van der Waals surface area contributed by atoms with Gasteiger partial charge in [-0.1, -0.05) is 19.9 Å². The highest BCUT2D eigenvalue weighted by molar-refractivity contribution is 5.93. The molecule has 3 heteroatoms. The second kappa shape index (κ2) is 4.20. The standard InChI is InChI=1S/C16H20N2O/c1-10-6-7-12(11-5-4-8-17-15(10)11)18-13-9-14(19)16(13,2)3/h4-8,13-14,18-19H,9H2,1-3H3. The van der Waals surface area contributed by atoms with E-state index in [2.05, 4.69) is 49.3 Å². The molecule has 1 heterocycles. The number of nitrogens with zero attached hydrogens (tertiary/aromatic N) is 1. The molecule has 100 valence electrons. The van der Waals surface area contributed by atoms with E-state index in [0.29, 0.717) is 6.04 Å². The van der Waals surface area contributed by atoms with E-state index in [0.717, 1.165) is 23.0 Å². The second-order valence-corrected chi connectivity index (χ2v) is 6.10. The minimum absolute atomic E-state index is 0.0700. The number of aromatic nitrogens is 1. The van der Waals surface area contributed by atoms with Crippen molar-refractivity contribution in [1.82, 2.24) is 4.98 Å². The SMILES string of the molecule is Cc1ccc(NC2CC(O)C2(C)C)c2cccnc12. The Morgan fingerprint density at radius 2 is 2.11 bits per heavy atom. The Bertz CT molecular complexity index is 621. The number of pyridine rings is 1. The molecule has 1 aliphatic rings. The number of hydrogen-bond donors (Lipinski definition) is 2. The van der Waals surface area contributed by atoms with Crippen molar-refractivity contribution in [3.63, 3.8) is 0 Å². The number of aliphatic hydroxyl groups is 1. The summed E-state index contributed by atoms with van der Waals surface area (Å²) in [7, 11) is 0. The lowest BCUT2D eigenvalue weighted by atomic mass is 9.64. The van der Waals surface area contributed by atoms with Crippen LogP contribution in [0.3, 0.4) is 0 Å². The molecule has 0 aliphatic heterocycles. The number of benzene rings is 1. The van der Waals surface area contributed by atoms with E-state index in [1.807, 2.05) is 12.3 Å². The van der Waals surface area contributed by atoms with Gasteiger partial charge in [-0.15, -0.1) is 0 Å². The molecule has 1 aromatic heterocycles. The Hall–Kier alpha value is -1.61. The summed E-state index contributed by atoms with van der Waals surface area (Å²) in [5.41, 5.74) is 3.28. The van der Waals surface area contributed by atoms with Crippen molar-refractivity contribution < 1.29 is 5.11 Å². The fourth-order valence-electron chi connectivity index (χ4n) is 2.77. The van der Waals surface area contributed by atoms with Crippen molar-refractivity contribution in [2.75, 3.05) is 5.32 Å². The highest BCUT2D eigenvalue weighted by Gasteiger charge is 2.47. The monoisotopic (exact) mass is 256 g/mol.